The first-order valence-corrected chi connectivity index (χ1v) is 5.83. The molecule has 0 bridgehead atoms. The Balaban J connectivity index is 2.67. The lowest BCUT2D eigenvalue weighted by molar-refractivity contribution is 0.539. The highest BCUT2D eigenvalue weighted by Crippen LogP contribution is 2.19. The Labute approximate surface area is 93.9 Å². The van der Waals surface area contributed by atoms with Crippen LogP contribution in [0.1, 0.15) is 38.3 Å². The summed E-state index contributed by atoms with van der Waals surface area (Å²) >= 11 is 0. The van der Waals surface area contributed by atoms with Crippen LogP contribution >= 0.6 is 0 Å². The molecule has 1 aromatic rings. The minimum Gasteiger partial charge on any atom is -0.382 e. The maximum atomic E-state index is 3.58. The molecule has 0 aliphatic heterocycles. The molecule has 1 aromatic carbocycles. The summed E-state index contributed by atoms with van der Waals surface area (Å²) in [6.45, 7) is 11.1. The summed E-state index contributed by atoms with van der Waals surface area (Å²) in [5, 5.41) is 3.58. The second-order valence-corrected chi connectivity index (χ2v) is 4.99. The lowest BCUT2D eigenvalue weighted by Crippen LogP contribution is -2.18. The van der Waals surface area contributed by atoms with E-state index in [1.807, 2.05) is 0 Å². The number of hydrogen-bond acceptors (Lipinski definition) is 1. The predicted molar refractivity (Wildman–Crippen MR) is 68.5 cm³/mol. The third kappa shape index (κ3) is 3.94. The number of hydrogen-bond donors (Lipinski definition) is 1. The monoisotopic (exact) mass is 205 g/mol. The van der Waals surface area contributed by atoms with Gasteiger partial charge >= 0.3 is 0 Å². The van der Waals surface area contributed by atoms with E-state index in [1.54, 1.807) is 0 Å². The minimum atomic E-state index is 0.547. The third-order valence-electron chi connectivity index (χ3n) is 2.62. The van der Waals surface area contributed by atoms with Crippen molar-refractivity contribution in [3.63, 3.8) is 0 Å². The van der Waals surface area contributed by atoms with Crippen LogP contribution in [0.2, 0.25) is 0 Å². The largest absolute Gasteiger partial charge is 0.382 e. The Hall–Kier alpha value is -0.980. The van der Waals surface area contributed by atoms with Gasteiger partial charge in [0.25, 0.3) is 0 Å². The lowest BCUT2D eigenvalue weighted by atomic mass is 10.0. The zero-order valence-electron chi connectivity index (χ0n) is 10.6. The molecule has 0 radical (unpaired) electrons. The Morgan fingerprint density at radius 1 is 1.13 bits per heavy atom. The Morgan fingerprint density at radius 3 is 2.40 bits per heavy atom. The van der Waals surface area contributed by atoms with Crippen molar-refractivity contribution < 1.29 is 0 Å². The maximum absolute atomic E-state index is 3.58. The molecular formula is C14H23N. The van der Waals surface area contributed by atoms with E-state index in [0.29, 0.717) is 6.04 Å². The van der Waals surface area contributed by atoms with Gasteiger partial charge in [0.1, 0.15) is 0 Å². The van der Waals surface area contributed by atoms with E-state index >= 15 is 0 Å². The predicted octanol–water partition coefficient (Wildman–Crippen LogP) is 4.15. The molecule has 1 rings (SSSR count). The standard InChI is InChI=1S/C14H23N/c1-10(2)8-13(5)15-14-9-11(3)6-7-12(14)4/h6-7,9-10,13,15H,8H2,1-5H3. The van der Waals surface area contributed by atoms with Gasteiger partial charge in [0.05, 0.1) is 0 Å². The van der Waals surface area contributed by atoms with Gasteiger partial charge in [-0.25, -0.2) is 0 Å². The van der Waals surface area contributed by atoms with E-state index in [9.17, 15) is 0 Å². The molecule has 0 heterocycles. The number of nitrogens with one attached hydrogen (secondary N) is 1. The summed E-state index contributed by atoms with van der Waals surface area (Å²) in [6, 6.07) is 7.12. The molecule has 1 nitrogen and oxygen atoms in total. The molecule has 1 unspecified atom stereocenters. The summed E-state index contributed by atoms with van der Waals surface area (Å²) in [7, 11) is 0. The normalized spacial score (nSPS) is 12.9. The van der Waals surface area contributed by atoms with Crippen LogP contribution in [0.3, 0.4) is 0 Å². The van der Waals surface area contributed by atoms with Crippen LogP contribution in [0.4, 0.5) is 5.69 Å². The molecule has 0 saturated heterocycles. The molecular weight excluding hydrogens is 182 g/mol. The van der Waals surface area contributed by atoms with E-state index < -0.39 is 0 Å². The maximum Gasteiger partial charge on any atom is 0.0374 e. The van der Waals surface area contributed by atoms with Gasteiger partial charge in [-0.2, -0.15) is 0 Å². The molecule has 1 N–H and O–H groups in total. The van der Waals surface area contributed by atoms with Crippen molar-refractivity contribution in [2.24, 2.45) is 5.92 Å². The van der Waals surface area contributed by atoms with Crippen LogP contribution in [0, 0.1) is 19.8 Å². The SMILES string of the molecule is Cc1ccc(C)c(NC(C)CC(C)C)c1. The van der Waals surface area contributed by atoms with Crippen LogP contribution in [-0.2, 0) is 0 Å². The summed E-state index contributed by atoms with van der Waals surface area (Å²) in [5.41, 5.74) is 3.93. The van der Waals surface area contributed by atoms with E-state index in [-0.39, 0.29) is 0 Å². The summed E-state index contributed by atoms with van der Waals surface area (Å²) in [4.78, 5) is 0. The topological polar surface area (TPSA) is 12.0 Å². The highest BCUT2D eigenvalue weighted by atomic mass is 14.9. The average Bonchev–Trinajstić information content (AvgIpc) is 2.10. The van der Waals surface area contributed by atoms with Crippen molar-refractivity contribution in [1.82, 2.24) is 0 Å². The minimum absolute atomic E-state index is 0.547. The second-order valence-electron chi connectivity index (χ2n) is 4.99. The van der Waals surface area contributed by atoms with Crippen molar-refractivity contribution in [3.8, 4) is 0 Å². The van der Waals surface area contributed by atoms with E-state index in [4.69, 9.17) is 0 Å². The first-order chi connectivity index (χ1) is 6.99. The van der Waals surface area contributed by atoms with Crippen molar-refractivity contribution >= 4 is 5.69 Å². The average molecular weight is 205 g/mol. The fourth-order valence-electron chi connectivity index (χ4n) is 1.92. The van der Waals surface area contributed by atoms with Gasteiger partial charge in [-0.15, -0.1) is 0 Å². The molecule has 0 spiro atoms. The molecule has 0 fully saturated rings. The fourth-order valence-corrected chi connectivity index (χ4v) is 1.92. The molecule has 0 aliphatic carbocycles. The van der Waals surface area contributed by atoms with Crippen molar-refractivity contribution in [3.05, 3.63) is 29.3 Å². The van der Waals surface area contributed by atoms with E-state index in [1.165, 1.54) is 23.2 Å². The van der Waals surface area contributed by atoms with Crippen LogP contribution in [0.15, 0.2) is 18.2 Å². The zero-order valence-corrected chi connectivity index (χ0v) is 10.6. The van der Waals surface area contributed by atoms with Gasteiger partial charge in [0.2, 0.25) is 0 Å². The smallest absolute Gasteiger partial charge is 0.0374 e. The molecule has 0 saturated carbocycles. The third-order valence-corrected chi connectivity index (χ3v) is 2.62. The molecule has 1 atom stereocenters. The Kier molecular flexibility index (Phi) is 4.19. The highest BCUT2D eigenvalue weighted by Gasteiger charge is 2.06. The summed E-state index contributed by atoms with van der Waals surface area (Å²) in [6.07, 6.45) is 1.22. The second kappa shape index (κ2) is 5.20. The van der Waals surface area contributed by atoms with Gasteiger partial charge in [0.15, 0.2) is 0 Å². The Bertz CT molecular complexity index is 315. The Morgan fingerprint density at radius 2 is 1.80 bits per heavy atom. The molecule has 0 aromatic heterocycles. The van der Waals surface area contributed by atoms with Gasteiger partial charge in [-0.05, 0) is 50.3 Å². The van der Waals surface area contributed by atoms with E-state index in [2.05, 4.69) is 58.1 Å². The lowest BCUT2D eigenvalue weighted by Gasteiger charge is -2.19. The number of rotatable bonds is 4. The molecule has 1 heteroatoms. The molecule has 0 aliphatic rings. The van der Waals surface area contributed by atoms with Gasteiger partial charge in [-0.1, -0.05) is 26.0 Å². The molecule has 0 amide bonds. The van der Waals surface area contributed by atoms with Crippen LogP contribution in [0.25, 0.3) is 0 Å². The van der Waals surface area contributed by atoms with Crippen LogP contribution < -0.4 is 5.32 Å². The first kappa shape index (κ1) is 12.1. The van der Waals surface area contributed by atoms with Crippen LogP contribution in [-0.4, -0.2) is 6.04 Å². The first-order valence-electron chi connectivity index (χ1n) is 5.83. The van der Waals surface area contributed by atoms with Crippen molar-refractivity contribution in [2.45, 2.75) is 47.1 Å². The summed E-state index contributed by atoms with van der Waals surface area (Å²) in [5.74, 6) is 0.748. The molecule has 84 valence electrons. The van der Waals surface area contributed by atoms with Crippen LogP contribution in [0.5, 0.6) is 0 Å². The van der Waals surface area contributed by atoms with Gasteiger partial charge < -0.3 is 5.32 Å². The quantitative estimate of drug-likeness (QED) is 0.778. The number of aryl methyl sites for hydroxylation is 2. The van der Waals surface area contributed by atoms with Crippen molar-refractivity contribution in [1.29, 1.82) is 0 Å². The van der Waals surface area contributed by atoms with E-state index in [0.717, 1.165) is 5.92 Å². The van der Waals surface area contributed by atoms with Gasteiger partial charge in [0, 0.05) is 11.7 Å². The zero-order chi connectivity index (χ0) is 11.4. The number of benzene rings is 1. The molecule has 15 heavy (non-hydrogen) atoms. The van der Waals surface area contributed by atoms with Gasteiger partial charge in [-0.3, -0.25) is 0 Å². The number of anilines is 1. The summed E-state index contributed by atoms with van der Waals surface area (Å²) < 4.78 is 0. The van der Waals surface area contributed by atoms with Crippen molar-refractivity contribution in [2.75, 3.05) is 5.32 Å². The highest BCUT2D eigenvalue weighted by molar-refractivity contribution is 5.52. The fraction of sp³-hybridized carbons (Fsp3) is 0.571.